The molecule has 0 saturated heterocycles. The second-order valence-electron chi connectivity index (χ2n) is 8.47. The van der Waals surface area contributed by atoms with Crippen LogP contribution in [0.1, 0.15) is 28.5 Å². The van der Waals surface area contributed by atoms with Gasteiger partial charge in [-0.3, -0.25) is 9.89 Å². The third-order valence-electron chi connectivity index (χ3n) is 5.84. The van der Waals surface area contributed by atoms with Gasteiger partial charge in [0.1, 0.15) is 0 Å². The van der Waals surface area contributed by atoms with Gasteiger partial charge in [-0.05, 0) is 66.4 Å². The number of rotatable bonds is 7. The molecule has 3 aromatic carbocycles. The van der Waals surface area contributed by atoms with E-state index < -0.39 is 11.9 Å². The maximum Gasteiger partial charge on any atom is 0.338 e. The molecule has 2 heterocycles. The quantitative estimate of drug-likeness (QED) is 0.318. The van der Waals surface area contributed by atoms with Crippen molar-refractivity contribution in [3.8, 4) is 22.5 Å². The average Bonchev–Trinajstić information content (AvgIpc) is 3.45. The number of ether oxygens (including phenoxy) is 1. The second kappa shape index (κ2) is 9.87. The largest absolute Gasteiger partial charge is 0.452 e. The van der Waals surface area contributed by atoms with Crippen LogP contribution in [0.3, 0.4) is 0 Å². The number of hydrogen-bond acceptors (Lipinski definition) is 5. The third kappa shape index (κ3) is 5.02. The topological polar surface area (TPSA) is 101 Å². The number of nitrogens with zero attached hydrogens (tertiary/aromatic N) is 3. The molecule has 0 spiro atoms. The van der Waals surface area contributed by atoms with E-state index in [2.05, 4.69) is 51.7 Å². The van der Waals surface area contributed by atoms with Crippen molar-refractivity contribution in [1.82, 2.24) is 19.8 Å². The predicted molar refractivity (Wildman–Crippen MR) is 138 cm³/mol. The number of anilines is 1. The third-order valence-corrected chi connectivity index (χ3v) is 5.84. The Labute approximate surface area is 207 Å². The number of nitrogens with one attached hydrogen (secondary N) is 2. The molecule has 5 rings (SSSR count). The monoisotopic (exact) mass is 479 g/mol. The Morgan fingerprint density at radius 3 is 2.19 bits per heavy atom. The van der Waals surface area contributed by atoms with Crippen LogP contribution in [0.2, 0.25) is 0 Å². The Hall–Kier alpha value is -4.72. The highest BCUT2D eigenvalue weighted by Crippen LogP contribution is 2.21. The number of aromatic amines is 1. The Bertz CT molecular complexity index is 1480. The van der Waals surface area contributed by atoms with Gasteiger partial charge in [-0.1, -0.05) is 43.3 Å². The molecule has 0 aliphatic carbocycles. The molecular weight excluding hydrogens is 454 g/mol. The minimum atomic E-state index is -0.551. The zero-order valence-electron chi connectivity index (χ0n) is 20.0. The number of H-pyrrole nitrogens is 1. The Balaban J connectivity index is 1.14. The highest BCUT2D eigenvalue weighted by molar-refractivity contribution is 5.95. The summed E-state index contributed by atoms with van der Waals surface area (Å²) in [5, 5.41) is 10.2. The first-order valence-corrected chi connectivity index (χ1v) is 11.7. The fraction of sp³-hybridized carbons (Fsp3) is 0.143. The van der Waals surface area contributed by atoms with Crippen LogP contribution in [0.15, 0.2) is 78.9 Å². The van der Waals surface area contributed by atoms with E-state index in [1.54, 1.807) is 28.9 Å². The standard InChI is InChI=1S/C28H25N5O3/c1-3-19-4-6-20(7-5-19)21-8-10-23(11-9-21)28(35)36-17-26(34)29-24-14-12-22(13-15-24)27-30-25-16-18(2)31-33(25)32-27/h4-16,31H,3,17H2,1-2H3,(H,29,34). The highest BCUT2D eigenvalue weighted by atomic mass is 16.5. The van der Waals surface area contributed by atoms with E-state index in [9.17, 15) is 9.59 Å². The van der Waals surface area contributed by atoms with Gasteiger partial charge in [0.15, 0.2) is 18.1 Å². The van der Waals surface area contributed by atoms with Crippen LogP contribution in [-0.4, -0.2) is 38.3 Å². The summed E-state index contributed by atoms with van der Waals surface area (Å²) in [5.41, 5.74) is 6.86. The molecule has 0 unspecified atom stereocenters. The average molecular weight is 480 g/mol. The smallest absolute Gasteiger partial charge is 0.338 e. The Kier molecular flexibility index (Phi) is 6.32. The molecular formula is C28H25N5O3. The van der Waals surface area contributed by atoms with Gasteiger partial charge in [0, 0.05) is 23.0 Å². The van der Waals surface area contributed by atoms with Gasteiger partial charge in [-0.25, -0.2) is 9.78 Å². The molecule has 8 nitrogen and oxygen atoms in total. The minimum absolute atomic E-state index is 0.381. The summed E-state index contributed by atoms with van der Waals surface area (Å²) in [6, 6.07) is 24.5. The van der Waals surface area contributed by atoms with Crippen LogP contribution >= 0.6 is 0 Å². The van der Waals surface area contributed by atoms with Crippen molar-refractivity contribution in [1.29, 1.82) is 0 Å². The molecule has 36 heavy (non-hydrogen) atoms. The lowest BCUT2D eigenvalue weighted by Crippen LogP contribution is -2.20. The molecule has 0 saturated carbocycles. The van der Waals surface area contributed by atoms with Crippen molar-refractivity contribution in [3.05, 3.63) is 95.7 Å². The number of benzene rings is 3. The first-order chi connectivity index (χ1) is 17.5. The molecule has 0 atom stereocenters. The van der Waals surface area contributed by atoms with E-state index in [-0.39, 0.29) is 6.61 Å². The maximum absolute atomic E-state index is 12.4. The van der Waals surface area contributed by atoms with Gasteiger partial charge in [-0.2, -0.15) is 4.63 Å². The van der Waals surface area contributed by atoms with Gasteiger partial charge in [0.25, 0.3) is 5.91 Å². The molecule has 2 N–H and O–H groups in total. The molecule has 0 radical (unpaired) electrons. The molecule has 0 fully saturated rings. The fourth-order valence-corrected chi connectivity index (χ4v) is 3.86. The van der Waals surface area contributed by atoms with Crippen molar-refractivity contribution in [2.75, 3.05) is 11.9 Å². The zero-order valence-corrected chi connectivity index (χ0v) is 20.0. The fourth-order valence-electron chi connectivity index (χ4n) is 3.86. The lowest BCUT2D eigenvalue weighted by molar-refractivity contribution is -0.119. The van der Waals surface area contributed by atoms with Crippen LogP contribution in [0.25, 0.3) is 28.2 Å². The van der Waals surface area contributed by atoms with Gasteiger partial charge in [0.2, 0.25) is 0 Å². The lowest BCUT2D eigenvalue weighted by Gasteiger charge is -2.08. The molecule has 2 aromatic heterocycles. The number of carbonyl (C=O) groups excluding carboxylic acids is 2. The lowest BCUT2D eigenvalue weighted by atomic mass is 10.0. The van der Waals surface area contributed by atoms with E-state index in [1.807, 2.05) is 37.3 Å². The van der Waals surface area contributed by atoms with Crippen LogP contribution in [0.5, 0.6) is 0 Å². The number of esters is 1. The summed E-state index contributed by atoms with van der Waals surface area (Å²) < 4.78 is 6.81. The zero-order chi connectivity index (χ0) is 25.1. The van der Waals surface area contributed by atoms with Crippen molar-refractivity contribution < 1.29 is 14.3 Å². The summed E-state index contributed by atoms with van der Waals surface area (Å²) >= 11 is 0. The van der Waals surface area contributed by atoms with Gasteiger partial charge in [-0.15, -0.1) is 5.10 Å². The summed E-state index contributed by atoms with van der Waals surface area (Å²) in [4.78, 5) is 29.2. The summed E-state index contributed by atoms with van der Waals surface area (Å²) in [6.07, 6.45) is 0.990. The molecule has 5 aromatic rings. The first kappa shape index (κ1) is 23.0. The SMILES string of the molecule is CCc1ccc(-c2ccc(C(=O)OCC(=O)Nc3ccc(-c4nc5cc(C)[nH]n5n4)cc3)cc2)cc1. The number of hydrogen-bond donors (Lipinski definition) is 2. The number of aryl methyl sites for hydroxylation is 2. The van der Waals surface area contributed by atoms with Crippen LogP contribution in [-0.2, 0) is 16.0 Å². The number of fused-ring (bicyclic) bond motifs is 1. The second-order valence-corrected chi connectivity index (χ2v) is 8.47. The van der Waals surface area contributed by atoms with Gasteiger partial charge in [0.05, 0.1) is 5.56 Å². The highest BCUT2D eigenvalue weighted by Gasteiger charge is 2.12. The Morgan fingerprint density at radius 1 is 0.917 bits per heavy atom. The number of carbonyl (C=O) groups is 2. The summed E-state index contributed by atoms with van der Waals surface area (Å²) in [6.45, 7) is 3.68. The first-order valence-electron chi connectivity index (χ1n) is 11.7. The molecule has 1 amide bonds. The molecule has 180 valence electrons. The van der Waals surface area contributed by atoms with Crippen LogP contribution in [0.4, 0.5) is 5.69 Å². The molecule has 8 heteroatoms. The van der Waals surface area contributed by atoms with Gasteiger partial charge >= 0.3 is 5.97 Å². The van der Waals surface area contributed by atoms with Gasteiger partial charge < -0.3 is 10.1 Å². The number of amides is 1. The summed E-state index contributed by atoms with van der Waals surface area (Å²) in [7, 11) is 0. The van der Waals surface area contributed by atoms with E-state index in [1.165, 1.54) is 5.56 Å². The molecule has 0 aliphatic heterocycles. The van der Waals surface area contributed by atoms with Crippen molar-refractivity contribution in [3.63, 3.8) is 0 Å². The van der Waals surface area contributed by atoms with Crippen LogP contribution in [0, 0.1) is 6.92 Å². The van der Waals surface area contributed by atoms with E-state index in [0.29, 0.717) is 17.1 Å². The van der Waals surface area contributed by atoms with E-state index in [0.717, 1.165) is 34.5 Å². The molecule has 0 bridgehead atoms. The Morgan fingerprint density at radius 2 is 1.56 bits per heavy atom. The van der Waals surface area contributed by atoms with E-state index >= 15 is 0 Å². The van der Waals surface area contributed by atoms with Crippen molar-refractivity contribution in [2.24, 2.45) is 0 Å². The minimum Gasteiger partial charge on any atom is -0.452 e. The normalized spacial score (nSPS) is 10.9. The predicted octanol–water partition coefficient (Wildman–Crippen LogP) is 5.06. The van der Waals surface area contributed by atoms with Crippen LogP contribution < -0.4 is 5.32 Å². The maximum atomic E-state index is 12.4. The summed E-state index contributed by atoms with van der Waals surface area (Å²) in [5.74, 6) is -0.394. The van der Waals surface area contributed by atoms with Crippen molar-refractivity contribution in [2.45, 2.75) is 20.3 Å². The number of aromatic nitrogens is 4. The molecule has 0 aliphatic rings. The van der Waals surface area contributed by atoms with Crippen molar-refractivity contribution >= 4 is 23.2 Å². The van der Waals surface area contributed by atoms with E-state index in [4.69, 9.17) is 4.74 Å².